The molecule has 1 saturated carbocycles. The van der Waals surface area contributed by atoms with Gasteiger partial charge in [-0.1, -0.05) is 12.8 Å². The van der Waals surface area contributed by atoms with Gasteiger partial charge in [0.2, 0.25) is 0 Å². The lowest BCUT2D eigenvalue weighted by atomic mass is 9.87. The third-order valence-corrected chi connectivity index (χ3v) is 4.66. The second-order valence-corrected chi connectivity index (χ2v) is 6.32. The summed E-state index contributed by atoms with van der Waals surface area (Å²) in [6.07, 6.45) is 4.82. The van der Waals surface area contributed by atoms with E-state index in [1.54, 1.807) is 11.3 Å². The number of nitrogens with zero attached hydrogens (tertiary/aromatic N) is 1. The van der Waals surface area contributed by atoms with Crippen molar-refractivity contribution in [1.29, 1.82) is 0 Å². The van der Waals surface area contributed by atoms with Gasteiger partial charge in [0.05, 0.1) is 10.7 Å². The highest BCUT2D eigenvalue weighted by Gasteiger charge is 2.33. The lowest BCUT2D eigenvalue weighted by Crippen LogP contribution is -2.36. The number of aliphatic hydroxyl groups is 1. The van der Waals surface area contributed by atoms with Crippen molar-refractivity contribution in [3.8, 4) is 0 Å². The molecule has 2 N–H and O–H groups in total. The Kier molecular flexibility index (Phi) is 4.17. The first kappa shape index (κ1) is 13.0. The topological polar surface area (TPSA) is 45.2 Å². The van der Waals surface area contributed by atoms with Crippen molar-refractivity contribution >= 4 is 11.3 Å². The van der Waals surface area contributed by atoms with Crippen LogP contribution < -0.4 is 5.32 Å². The molecule has 1 unspecified atom stereocenters. The van der Waals surface area contributed by atoms with E-state index in [0.29, 0.717) is 6.61 Å². The van der Waals surface area contributed by atoms with Gasteiger partial charge in [0.15, 0.2) is 0 Å². The van der Waals surface area contributed by atoms with Crippen molar-refractivity contribution in [3.63, 3.8) is 0 Å². The van der Waals surface area contributed by atoms with Gasteiger partial charge in [-0.05, 0) is 26.7 Å². The number of hydrogen-bond donors (Lipinski definition) is 2. The van der Waals surface area contributed by atoms with Gasteiger partial charge < -0.3 is 10.4 Å². The number of nitrogens with one attached hydrogen (secondary N) is 1. The highest BCUT2D eigenvalue weighted by Crippen LogP contribution is 2.37. The Hall–Kier alpha value is -0.450. The standard InChI is InChI=1S/C13H22N2OS/c1-10(12-7-17-11(2)15-12)14-8-13(9-16)5-3-4-6-13/h7,10,14,16H,3-6,8-9H2,1-2H3. The van der Waals surface area contributed by atoms with E-state index in [1.807, 2.05) is 6.92 Å². The molecule has 0 bridgehead atoms. The molecule has 0 saturated heterocycles. The van der Waals surface area contributed by atoms with Crippen molar-refractivity contribution in [2.75, 3.05) is 13.2 Å². The maximum Gasteiger partial charge on any atom is 0.0898 e. The molecule has 4 heteroatoms. The predicted molar refractivity (Wildman–Crippen MR) is 71.3 cm³/mol. The molecular formula is C13H22N2OS. The summed E-state index contributed by atoms with van der Waals surface area (Å²) in [6, 6.07) is 0.281. The fourth-order valence-electron chi connectivity index (χ4n) is 2.57. The summed E-state index contributed by atoms with van der Waals surface area (Å²) in [5.74, 6) is 0. The fraction of sp³-hybridized carbons (Fsp3) is 0.769. The van der Waals surface area contributed by atoms with Crippen LogP contribution in [-0.4, -0.2) is 23.2 Å². The van der Waals surface area contributed by atoms with Crippen LogP contribution in [0.2, 0.25) is 0 Å². The van der Waals surface area contributed by atoms with Crippen LogP contribution in [0.3, 0.4) is 0 Å². The fourth-order valence-corrected chi connectivity index (χ4v) is 3.28. The van der Waals surface area contributed by atoms with E-state index >= 15 is 0 Å². The maximum absolute atomic E-state index is 9.55. The Morgan fingerprint density at radius 3 is 2.76 bits per heavy atom. The Morgan fingerprint density at radius 2 is 2.24 bits per heavy atom. The Balaban J connectivity index is 1.89. The van der Waals surface area contributed by atoms with Gasteiger partial charge in [-0.3, -0.25) is 0 Å². The van der Waals surface area contributed by atoms with Crippen molar-refractivity contribution in [1.82, 2.24) is 10.3 Å². The van der Waals surface area contributed by atoms with Crippen LogP contribution in [0.25, 0.3) is 0 Å². The molecule has 1 aliphatic carbocycles. The largest absolute Gasteiger partial charge is 0.396 e. The molecule has 1 fully saturated rings. The quantitative estimate of drug-likeness (QED) is 0.849. The third-order valence-electron chi connectivity index (χ3n) is 3.86. The average molecular weight is 254 g/mol. The molecule has 1 aliphatic rings. The van der Waals surface area contributed by atoms with Gasteiger partial charge in [-0.25, -0.2) is 4.98 Å². The lowest BCUT2D eigenvalue weighted by Gasteiger charge is -2.28. The first-order valence-corrected chi connectivity index (χ1v) is 7.29. The summed E-state index contributed by atoms with van der Waals surface area (Å²) in [6.45, 7) is 5.39. The zero-order valence-corrected chi connectivity index (χ0v) is 11.5. The van der Waals surface area contributed by atoms with Gasteiger partial charge >= 0.3 is 0 Å². The molecule has 0 spiro atoms. The summed E-state index contributed by atoms with van der Waals surface area (Å²) in [5.41, 5.74) is 1.25. The second-order valence-electron chi connectivity index (χ2n) is 5.26. The summed E-state index contributed by atoms with van der Waals surface area (Å²) < 4.78 is 0. The summed E-state index contributed by atoms with van der Waals surface area (Å²) >= 11 is 1.70. The molecule has 0 aliphatic heterocycles. The molecule has 0 radical (unpaired) electrons. The summed E-state index contributed by atoms with van der Waals surface area (Å²) in [7, 11) is 0. The van der Waals surface area contributed by atoms with Gasteiger partial charge in [-0.15, -0.1) is 11.3 Å². The van der Waals surface area contributed by atoms with Gasteiger partial charge in [0.1, 0.15) is 0 Å². The van der Waals surface area contributed by atoms with Crippen molar-refractivity contribution in [2.24, 2.45) is 5.41 Å². The molecule has 1 atom stereocenters. The van der Waals surface area contributed by atoms with Gasteiger partial charge in [0.25, 0.3) is 0 Å². The average Bonchev–Trinajstić information content (AvgIpc) is 2.95. The van der Waals surface area contributed by atoms with E-state index in [4.69, 9.17) is 0 Å². The van der Waals surface area contributed by atoms with E-state index in [9.17, 15) is 5.11 Å². The van der Waals surface area contributed by atoms with Crippen LogP contribution in [-0.2, 0) is 0 Å². The van der Waals surface area contributed by atoms with E-state index < -0.39 is 0 Å². The number of rotatable bonds is 5. The molecule has 0 amide bonds. The van der Waals surface area contributed by atoms with Crippen LogP contribution in [0, 0.1) is 12.3 Å². The predicted octanol–water partition coefficient (Wildman–Crippen LogP) is 2.65. The number of hydrogen-bond acceptors (Lipinski definition) is 4. The van der Waals surface area contributed by atoms with Crippen molar-refractivity contribution in [3.05, 3.63) is 16.1 Å². The zero-order valence-electron chi connectivity index (χ0n) is 10.7. The molecular weight excluding hydrogens is 232 g/mol. The monoisotopic (exact) mass is 254 g/mol. The number of aliphatic hydroxyl groups excluding tert-OH is 1. The first-order valence-electron chi connectivity index (χ1n) is 6.41. The summed E-state index contributed by atoms with van der Waals surface area (Å²) in [4.78, 5) is 4.50. The molecule has 0 aromatic carbocycles. The van der Waals surface area contributed by atoms with Crippen LogP contribution in [0.1, 0.15) is 49.4 Å². The molecule has 96 valence electrons. The van der Waals surface area contributed by atoms with Gasteiger partial charge in [-0.2, -0.15) is 0 Å². The Labute approximate surface area is 107 Å². The normalized spacial score (nSPS) is 20.6. The van der Waals surface area contributed by atoms with E-state index in [-0.39, 0.29) is 11.5 Å². The van der Waals surface area contributed by atoms with Gasteiger partial charge in [0, 0.05) is 30.0 Å². The van der Waals surface area contributed by atoms with Crippen LogP contribution in [0.5, 0.6) is 0 Å². The van der Waals surface area contributed by atoms with E-state index in [1.165, 1.54) is 12.8 Å². The molecule has 1 heterocycles. The van der Waals surface area contributed by atoms with Crippen molar-refractivity contribution < 1.29 is 5.11 Å². The van der Waals surface area contributed by atoms with Crippen LogP contribution in [0.15, 0.2) is 5.38 Å². The Bertz CT molecular complexity index is 358. The number of aryl methyl sites for hydroxylation is 1. The lowest BCUT2D eigenvalue weighted by molar-refractivity contribution is 0.125. The van der Waals surface area contributed by atoms with Crippen LogP contribution in [0.4, 0.5) is 0 Å². The third kappa shape index (κ3) is 3.06. The molecule has 1 aromatic rings. The zero-order chi connectivity index (χ0) is 12.3. The van der Waals surface area contributed by atoms with E-state index in [0.717, 1.165) is 30.1 Å². The Morgan fingerprint density at radius 1 is 1.53 bits per heavy atom. The SMILES string of the molecule is Cc1nc(C(C)NCC2(CO)CCCC2)cs1. The molecule has 3 nitrogen and oxygen atoms in total. The smallest absolute Gasteiger partial charge is 0.0898 e. The summed E-state index contributed by atoms with van der Waals surface area (Å²) in [5, 5.41) is 16.3. The minimum atomic E-state index is 0.124. The highest BCUT2D eigenvalue weighted by molar-refractivity contribution is 7.09. The minimum Gasteiger partial charge on any atom is -0.396 e. The maximum atomic E-state index is 9.55. The van der Waals surface area contributed by atoms with E-state index in [2.05, 4.69) is 22.6 Å². The minimum absolute atomic E-state index is 0.124. The second kappa shape index (κ2) is 5.46. The molecule has 2 rings (SSSR count). The first-order chi connectivity index (χ1) is 8.15. The molecule has 1 aromatic heterocycles. The van der Waals surface area contributed by atoms with Crippen LogP contribution >= 0.6 is 11.3 Å². The number of aromatic nitrogens is 1. The highest BCUT2D eigenvalue weighted by atomic mass is 32.1. The van der Waals surface area contributed by atoms with Crippen molar-refractivity contribution in [2.45, 2.75) is 45.6 Å². The molecule has 17 heavy (non-hydrogen) atoms. The number of thiazole rings is 1.